The maximum atomic E-state index is 12.8. The molecule has 0 saturated carbocycles. The van der Waals surface area contributed by atoms with Crippen molar-refractivity contribution in [2.75, 3.05) is 33.5 Å². The predicted molar refractivity (Wildman–Crippen MR) is 177 cm³/mol. The van der Waals surface area contributed by atoms with Crippen LogP contribution in [0.15, 0.2) is 58.7 Å². The number of aromatic hydroxyl groups is 1. The highest BCUT2D eigenvalue weighted by Crippen LogP contribution is 2.42. The van der Waals surface area contributed by atoms with Gasteiger partial charge in [0, 0.05) is 41.2 Å². The fourth-order valence-electron chi connectivity index (χ4n) is 5.13. The van der Waals surface area contributed by atoms with Crippen molar-refractivity contribution in [3.05, 3.63) is 76.0 Å². The minimum atomic E-state index is -1.48. The van der Waals surface area contributed by atoms with Crippen LogP contribution in [0.25, 0.3) is 0 Å². The van der Waals surface area contributed by atoms with Crippen LogP contribution in [0.4, 0.5) is 0 Å². The molecule has 1 saturated heterocycles. The number of thioether (sulfide) groups is 1. The number of phenols is 1. The van der Waals surface area contributed by atoms with Crippen molar-refractivity contribution in [1.82, 2.24) is 4.90 Å². The van der Waals surface area contributed by atoms with Gasteiger partial charge in [0.05, 0.1) is 32.8 Å². The van der Waals surface area contributed by atoms with E-state index in [0.717, 1.165) is 27.7 Å². The van der Waals surface area contributed by atoms with Gasteiger partial charge in [0.1, 0.15) is 24.3 Å². The van der Waals surface area contributed by atoms with Gasteiger partial charge in [-0.3, -0.25) is 19.5 Å². The van der Waals surface area contributed by atoms with Gasteiger partial charge >= 0.3 is 5.97 Å². The van der Waals surface area contributed by atoms with Crippen LogP contribution in [0.2, 0.25) is 0 Å². The molecule has 0 aliphatic carbocycles. The Labute approximate surface area is 271 Å². The molecule has 0 unspecified atom stereocenters. The van der Waals surface area contributed by atoms with E-state index in [1.807, 2.05) is 53.7 Å². The van der Waals surface area contributed by atoms with Gasteiger partial charge in [-0.05, 0) is 28.5 Å². The molecule has 2 heterocycles. The quantitative estimate of drug-likeness (QED) is 0.210. The molecule has 2 aromatic rings. The van der Waals surface area contributed by atoms with E-state index in [4.69, 9.17) is 4.74 Å². The number of carboxylic acids is 1. The second-order valence-corrected chi connectivity index (χ2v) is 15.7. The minimum absolute atomic E-state index is 0.200. The average Bonchev–Trinajstić information content (AvgIpc) is 2.90. The fourth-order valence-corrected chi connectivity index (χ4v) is 6.45. The SMILES string of the molecule is CC(=O)OCC1=C(C(=O)[O-])N2C(=O)[C@@H](N=Cc3cc(C(C)(C)C)c(O)c(C(C)(C)C)c3)[C@H]2SC1.C[N+](C)(C)Cc1ccccc1. The van der Waals surface area contributed by atoms with Gasteiger partial charge in [-0.2, -0.15) is 0 Å². The molecular formula is C35H47N3O6S. The summed E-state index contributed by atoms with van der Waals surface area (Å²) < 4.78 is 5.92. The van der Waals surface area contributed by atoms with Crippen molar-refractivity contribution in [3.8, 4) is 5.75 Å². The fraction of sp³-hybridized carbons (Fsp3) is 0.486. The lowest BCUT2D eigenvalue weighted by molar-refractivity contribution is -0.884. The molecule has 1 fully saturated rings. The number of carbonyl (C=O) groups is 3. The summed E-state index contributed by atoms with van der Waals surface area (Å²) in [4.78, 5) is 41.4. The number of aliphatic carboxylic acids is 1. The highest BCUT2D eigenvalue weighted by atomic mass is 32.2. The van der Waals surface area contributed by atoms with Crippen molar-refractivity contribution in [1.29, 1.82) is 0 Å². The molecule has 0 spiro atoms. The largest absolute Gasteiger partial charge is 0.543 e. The Morgan fingerprint density at radius 3 is 2.09 bits per heavy atom. The van der Waals surface area contributed by atoms with Crippen molar-refractivity contribution in [2.45, 2.75) is 77.3 Å². The Bertz CT molecular complexity index is 1440. The van der Waals surface area contributed by atoms with Gasteiger partial charge in [-0.25, -0.2) is 0 Å². The second-order valence-electron chi connectivity index (χ2n) is 14.6. The number of carbonyl (C=O) groups excluding carboxylic acids is 3. The third kappa shape index (κ3) is 9.20. The predicted octanol–water partition coefficient (Wildman–Crippen LogP) is 4.15. The number of amides is 1. The summed E-state index contributed by atoms with van der Waals surface area (Å²) >= 11 is 1.37. The molecule has 2 aromatic carbocycles. The van der Waals surface area contributed by atoms with E-state index < -0.39 is 29.3 Å². The molecule has 0 bridgehead atoms. The summed E-state index contributed by atoms with van der Waals surface area (Å²) in [5.41, 5.74) is 3.21. The van der Waals surface area contributed by atoms with Crippen LogP contribution >= 0.6 is 11.8 Å². The van der Waals surface area contributed by atoms with Gasteiger partial charge < -0.3 is 24.2 Å². The van der Waals surface area contributed by atoms with E-state index >= 15 is 0 Å². The Balaban J connectivity index is 0.000000423. The van der Waals surface area contributed by atoms with Gasteiger partial charge in [0.2, 0.25) is 0 Å². The summed E-state index contributed by atoms with van der Waals surface area (Å²) in [7, 11) is 6.60. The molecule has 9 nitrogen and oxygen atoms in total. The third-order valence-electron chi connectivity index (χ3n) is 7.29. The number of fused-ring (bicyclic) bond motifs is 1. The average molecular weight is 638 g/mol. The zero-order valence-corrected chi connectivity index (χ0v) is 28.9. The first-order valence-corrected chi connectivity index (χ1v) is 16.0. The summed E-state index contributed by atoms with van der Waals surface area (Å²) in [6, 6.07) is 13.6. The van der Waals surface area contributed by atoms with Crippen LogP contribution in [0.5, 0.6) is 5.75 Å². The number of esters is 1. The van der Waals surface area contributed by atoms with Gasteiger partial charge in [0.15, 0.2) is 6.04 Å². The maximum Gasteiger partial charge on any atom is 0.302 e. The lowest BCUT2D eigenvalue weighted by Gasteiger charge is -2.49. The molecule has 2 atom stereocenters. The van der Waals surface area contributed by atoms with Crippen LogP contribution in [0.1, 0.15) is 70.7 Å². The van der Waals surface area contributed by atoms with E-state index in [0.29, 0.717) is 11.3 Å². The topological polar surface area (TPSA) is 119 Å². The van der Waals surface area contributed by atoms with Crippen molar-refractivity contribution in [3.63, 3.8) is 0 Å². The standard InChI is InChI=1S/C25H32N2O6S.C10H16N/c1-13(28)33-11-15-12-34-22-18(21(30)27(22)19(15)23(31)32)26-10-14-8-16(24(2,3)4)20(29)17(9-14)25(5,6)7;1-11(2,3)9-10-7-5-4-6-8-10/h8-10,18,22,29H,11-12H2,1-7H3,(H,31,32);4-8H,9H2,1-3H3/q;+1/p-1/t18-,22-;/m1./s1. The normalized spacial score (nSPS) is 18.6. The maximum absolute atomic E-state index is 12.8. The Morgan fingerprint density at radius 1 is 1.07 bits per heavy atom. The number of phenolic OH excluding ortho intramolecular Hbond substituents is 1. The molecular weight excluding hydrogens is 590 g/mol. The number of hydrogen-bond donors (Lipinski definition) is 1. The molecule has 4 rings (SSSR count). The highest BCUT2D eigenvalue weighted by Gasteiger charge is 2.52. The van der Waals surface area contributed by atoms with Crippen LogP contribution in [-0.4, -0.2) is 83.5 Å². The van der Waals surface area contributed by atoms with Gasteiger partial charge in [0.25, 0.3) is 5.91 Å². The molecule has 2 aliphatic rings. The number of aliphatic imine (C=N–C) groups is 1. The summed E-state index contributed by atoms with van der Waals surface area (Å²) in [5.74, 6) is -1.91. The van der Waals surface area contributed by atoms with Crippen LogP contribution < -0.4 is 5.11 Å². The molecule has 0 radical (unpaired) electrons. The number of β-lactam (4-membered cyclic amide) rings is 1. The Morgan fingerprint density at radius 2 is 1.62 bits per heavy atom. The highest BCUT2D eigenvalue weighted by molar-refractivity contribution is 8.00. The molecule has 1 N–H and O–H groups in total. The van der Waals surface area contributed by atoms with E-state index in [9.17, 15) is 24.6 Å². The number of hydrogen-bond acceptors (Lipinski definition) is 8. The number of rotatable bonds is 7. The first kappa shape index (κ1) is 35.8. The molecule has 10 heteroatoms. The Hall–Kier alpha value is -3.63. The van der Waals surface area contributed by atoms with Crippen molar-refractivity contribution in [2.24, 2.45) is 4.99 Å². The minimum Gasteiger partial charge on any atom is -0.543 e. The first-order chi connectivity index (χ1) is 20.7. The van der Waals surface area contributed by atoms with Gasteiger partial charge in [-0.15, -0.1) is 11.8 Å². The third-order valence-corrected chi connectivity index (χ3v) is 8.62. The van der Waals surface area contributed by atoms with Crippen molar-refractivity contribution < 1.29 is 33.8 Å². The van der Waals surface area contributed by atoms with Crippen LogP contribution in [0.3, 0.4) is 0 Å². The van der Waals surface area contributed by atoms with Gasteiger partial charge in [-0.1, -0.05) is 71.9 Å². The second kappa shape index (κ2) is 13.8. The molecule has 0 aromatic heterocycles. The van der Waals surface area contributed by atoms with E-state index in [2.05, 4.69) is 56.5 Å². The van der Waals surface area contributed by atoms with E-state index in [-0.39, 0.29) is 28.9 Å². The van der Waals surface area contributed by atoms with E-state index in [1.54, 1.807) is 6.21 Å². The first-order valence-electron chi connectivity index (χ1n) is 15.0. The zero-order valence-electron chi connectivity index (χ0n) is 28.1. The molecule has 244 valence electrons. The molecule has 2 aliphatic heterocycles. The molecule has 1 amide bonds. The Kier molecular flexibility index (Phi) is 11.0. The van der Waals surface area contributed by atoms with Crippen LogP contribution in [-0.2, 0) is 36.5 Å². The number of quaternary nitrogens is 1. The number of ether oxygens (including phenoxy) is 1. The number of nitrogens with zero attached hydrogens (tertiary/aromatic N) is 3. The van der Waals surface area contributed by atoms with Crippen molar-refractivity contribution >= 4 is 35.8 Å². The summed E-state index contributed by atoms with van der Waals surface area (Å²) in [5, 5.41) is 22.2. The lowest BCUT2D eigenvalue weighted by Crippen LogP contribution is -2.65. The summed E-state index contributed by atoms with van der Waals surface area (Å²) in [6.07, 6.45) is 1.61. The number of benzene rings is 2. The number of carboxylic acid groups (broad SMARTS) is 1. The zero-order chi connectivity index (χ0) is 33.9. The molecule has 45 heavy (non-hydrogen) atoms. The monoisotopic (exact) mass is 637 g/mol. The summed E-state index contributed by atoms with van der Waals surface area (Å²) in [6.45, 7) is 14.2. The lowest BCUT2D eigenvalue weighted by atomic mass is 9.78. The smallest absolute Gasteiger partial charge is 0.302 e. The van der Waals surface area contributed by atoms with E-state index in [1.165, 1.54) is 29.1 Å². The van der Waals surface area contributed by atoms with Crippen LogP contribution in [0, 0.1) is 0 Å².